The Hall–Kier alpha value is -3.70. The summed E-state index contributed by atoms with van der Waals surface area (Å²) in [4.78, 5) is 29.0. The van der Waals surface area contributed by atoms with Gasteiger partial charge < -0.3 is 15.1 Å². The summed E-state index contributed by atoms with van der Waals surface area (Å²) in [6, 6.07) is 24.1. The average molecular weight is 671 g/mol. The van der Waals surface area contributed by atoms with E-state index < -0.39 is 41.6 Å². The number of halogens is 4. The van der Waals surface area contributed by atoms with Gasteiger partial charge in [-0.25, -0.2) is 0 Å². The number of hydrogen-bond donors (Lipinski definition) is 2. The van der Waals surface area contributed by atoms with E-state index >= 15 is 0 Å². The molecule has 0 fully saturated rings. The van der Waals surface area contributed by atoms with Crippen LogP contribution in [-0.4, -0.2) is 27.0 Å². The Kier molecular flexibility index (Phi) is 7.93. The van der Waals surface area contributed by atoms with E-state index in [0.29, 0.717) is 16.7 Å². The molecular formula is C32H25F3INO4. The van der Waals surface area contributed by atoms with Crippen LogP contribution in [0.25, 0.3) is 0 Å². The number of aliphatic hydroxyl groups excluding tert-OH is 1. The van der Waals surface area contributed by atoms with Crippen molar-refractivity contribution in [3.8, 4) is 0 Å². The van der Waals surface area contributed by atoms with E-state index in [2.05, 4.69) is 22.6 Å². The van der Waals surface area contributed by atoms with Gasteiger partial charge in [-0.15, -0.1) is 0 Å². The first kappa shape index (κ1) is 28.8. The minimum Gasteiger partial charge on any atom is -0.480 e. The fraction of sp³-hybridized carbons (Fsp3) is 0.188. The van der Waals surface area contributed by atoms with Crippen LogP contribution in [0.3, 0.4) is 0 Å². The van der Waals surface area contributed by atoms with E-state index in [1.165, 1.54) is 29.2 Å². The molecule has 1 amide bonds. The van der Waals surface area contributed by atoms with E-state index in [1.807, 2.05) is 18.2 Å². The van der Waals surface area contributed by atoms with Crippen molar-refractivity contribution < 1.29 is 33.0 Å². The van der Waals surface area contributed by atoms with Gasteiger partial charge in [-0.1, -0.05) is 78.9 Å². The summed E-state index contributed by atoms with van der Waals surface area (Å²) in [5, 5.41) is 20.7. The van der Waals surface area contributed by atoms with Crippen LogP contribution < -0.4 is 0 Å². The number of benzene rings is 4. The van der Waals surface area contributed by atoms with Crippen molar-refractivity contribution in [2.24, 2.45) is 0 Å². The second kappa shape index (κ2) is 11.3. The van der Waals surface area contributed by atoms with Crippen LogP contribution in [0.15, 0.2) is 97.1 Å². The highest BCUT2D eigenvalue weighted by Gasteiger charge is 2.57. The van der Waals surface area contributed by atoms with Crippen LogP contribution >= 0.6 is 22.6 Å². The average Bonchev–Trinajstić information content (AvgIpc) is 2.96. The Labute approximate surface area is 248 Å². The van der Waals surface area contributed by atoms with Crippen molar-refractivity contribution in [2.45, 2.75) is 37.2 Å². The van der Waals surface area contributed by atoms with Crippen LogP contribution in [0, 0.1) is 3.57 Å². The summed E-state index contributed by atoms with van der Waals surface area (Å²) in [5.74, 6) is -1.77. The number of hydrogen-bond acceptors (Lipinski definition) is 3. The molecule has 4 aromatic carbocycles. The van der Waals surface area contributed by atoms with E-state index in [0.717, 1.165) is 15.2 Å². The van der Waals surface area contributed by atoms with Gasteiger partial charge in [-0.3, -0.25) is 9.59 Å². The van der Waals surface area contributed by atoms with E-state index in [1.54, 1.807) is 48.5 Å². The standard InChI is InChI=1S/C32H25F3INO4/c33-32(34,35)25-10-4-1-8-23(25)18-37-28(21-15-13-20(19-38)14-16-21)31(30(40)41,17-22-7-2-6-12-27(22)36)26-11-5-3-9-24(26)29(37)39/h1-16,28,38H,17-19H2,(H,40,41)/t28-,31-/m0/s1. The number of carbonyl (C=O) groups is 2. The molecule has 0 aromatic heterocycles. The number of nitrogens with zero attached hydrogens (tertiary/aromatic N) is 1. The smallest absolute Gasteiger partial charge is 0.416 e. The molecule has 5 nitrogen and oxygen atoms in total. The summed E-state index contributed by atoms with van der Waals surface area (Å²) in [5.41, 5.74) is -0.612. The largest absolute Gasteiger partial charge is 0.480 e. The highest BCUT2D eigenvalue weighted by Crippen LogP contribution is 2.51. The third-order valence-electron chi connectivity index (χ3n) is 7.63. The molecule has 1 heterocycles. The van der Waals surface area contributed by atoms with Gasteiger partial charge in [0.2, 0.25) is 0 Å². The van der Waals surface area contributed by atoms with Gasteiger partial charge in [-0.2, -0.15) is 13.2 Å². The zero-order chi connectivity index (χ0) is 29.4. The van der Waals surface area contributed by atoms with Gasteiger partial charge >= 0.3 is 12.1 Å². The third-order valence-corrected chi connectivity index (χ3v) is 8.68. The zero-order valence-electron chi connectivity index (χ0n) is 21.6. The van der Waals surface area contributed by atoms with E-state index in [9.17, 15) is 33.0 Å². The van der Waals surface area contributed by atoms with Gasteiger partial charge in [0.1, 0.15) is 5.41 Å². The lowest BCUT2D eigenvalue weighted by Gasteiger charge is -2.49. The number of rotatable bonds is 7. The number of carbonyl (C=O) groups excluding carboxylic acids is 1. The molecule has 1 aliphatic heterocycles. The van der Waals surface area contributed by atoms with Crippen LogP contribution in [-0.2, 0) is 36.0 Å². The minimum absolute atomic E-state index is 0.0183. The first-order valence-corrected chi connectivity index (χ1v) is 13.9. The molecule has 0 aliphatic carbocycles. The minimum atomic E-state index is -4.67. The van der Waals surface area contributed by atoms with Crippen molar-refractivity contribution in [2.75, 3.05) is 0 Å². The topological polar surface area (TPSA) is 77.8 Å². The highest BCUT2D eigenvalue weighted by atomic mass is 127. The molecule has 4 aromatic rings. The van der Waals surface area contributed by atoms with E-state index in [4.69, 9.17) is 0 Å². The molecule has 0 unspecified atom stereocenters. The number of fused-ring (bicyclic) bond motifs is 1. The maximum absolute atomic E-state index is 14.1. The van der Waals surface area contributed by atoms with Gasteiger partial charge in [0.05, 0.1) is 18.2 Å². The summed E-state index contributed by atoms with van der Waals surface area (Å²) < 4.78 is 42.9. The van der Waals surface area contributed by atoms with Crippen LogP contribution in [0.1, 0.15) is 49.8 Å². The SMILES string of the molecule is O=C1c2ccccc2[C@](Cc2ccccc2I)(C(=O)O)[C@H](c2ccc(CO)cc2)N1Cc1ccccc1C(F)(F)F. The summed E-state index contributed by atoms with van der Waals surface area (Å²) in [7, 11) is 0. The number of amides is 1. The molecule has 0 spiro atoms. The molecule has 9 heteroatoms. The van der Waals surface area contributed by atoms with Gasteiger partial charge in [0.15, 0.2) is 0 Å². The first-order chi connectivity index (χ1) is 19.6. The second-order valence-electron chi connectivity index (χ2n) is 9.98. The number of aliphatic carboxylic acids is 1. The number of aliphatic hydroxyl groups is 1. The number of carboxylic acids is 1. The lowest BCUT2D eigenvalue weighted by Crippen LogP contribution is -2.56. The maximum atomic E-state index is 14.1. The van der Waals surface area contributed by atoms with Gasteiger partial charge in [0, 0.05) is 15.7 Å². The molecule has 5 rings (SSSR count). The predicted octanol–water partition coefficient (Wildman–Crippen LogP) is 6.76. The fourth-order valence-corrected chi connectivity index (χ4v) is 6.31. The summed E-state index contributed by atoms with van der Waals surface area (Å²) in [6.45, 7) is -0.710. The summed E-state index contributed by atoms with van der Waals surface area (Å²) in [6.07, 6.45) is -4.69. The van der Waals surface area contributed by atoms with Crippen molar-refractivity contribution in [3.63, 3.8) is 0 Å². The van der Waals surface area contributed by atoms with Crippen molar-refractivity contribution in [3.05, 3.63) is 140 Å². The van der Waals surface area contributed by atoms with E-state index in [-0.39, 0.29) is 24.2 Å². The van der Waals surface area contributed by atoms with Crippen LogP contribution in [0.4, 0.5) is 13.2 Å². The van der Waals surface area contributed by atoms with Crippen molar-refractivity contribution in [1.29, 1.82) is 0 Å². The molecule has 0 radical (unpaired) electrons. The molecule has 2 atom stereocenters. The van der Waals surface area contributed by atoms with Crippen LogP contribution in [0.5, 0.6) is 0 Å². The highest BCUT2D eigenvalue weighted by molar-refractivity contribution is 14.1. The first-order valence-electron chi connectivity index (χ1n) is 12.8. The molecule has 0 saturated carbocycles. The fourth-order valence-electron chi connectivity index (χ4n) is 5.74. The van der Waals surface area contributed by atoms with Crippen LogP contribution in [0.2, 0.25) is 0 Å². The van der Waals surface area contributed by atoms with Gasteiger partial charge in [0.25, 0.3) is 5.91 Å². The molecule has 0 saturated heterocycles. The monoisotopic (exact) mass is 671 g/mol. The lowest BCUT2D eigenvalue weighted by molar-refractivity contribution is -0.148. The van der Waals surface area contributed by atoms with Crippen molar-refractivity contribution in [1.82, 2.24) is 4.90 Å². The van der Waals surface area contributed by atoms with Crippen molar-refractivity contribution >= 4 is 34.5 Å². The Balaban J connectivity index is 1.81. The Bertz CT molecular complexity index is 1610. The normalized spacial score (nSPS) is 18.7. The third kappa shape index (κ3) is 5.24. The maximum Gasteiger partial charge on any atom is 0.416 e. The molecule has 41 heavy (non-hydrogen) atoms. The second-order valence-corrected chi connectivity index (χ2v) is 11.1. The number of alkyl halides is 3. The summed E-state index contributed by atoms with van der Waals surface area (Å²) >= 11 is 2.13. The molecule has 210 valence electrons. The Morgan fingerprint density at radius 1 is 0.878 bits per heavy atom. The number of carboxylic acid groups (broad SMARTS) is 1. The Morgan fingerprint density at radius 2 is 1.49 bits per heavy atom. The van der Waals surface area contributed by atoms with Gasteiger partial charge in [-0.05, 0) is 75.0 Å². The molecular weight excluding hydrogens is 646 g/mol. The predicted molar refractivity (Wildman–Crippen MR) is 155 cm³/mol. The Morgan fingerprint density at radius 3 is 2.12 bits per heavy atom. The molecule has 2 N–H and O–H groups in total. The molecule has 0 bridgehead atoms. The quantitative estimate of drug-likeness (QED) is 0.213. The molecule has 1 aliphatic rings. The zero-order valence-corrected chi connectivity index (χ0v) is 23.8. The lowest BCUT2D eigenvalue weighted by atomic mass is 9.63.